The monoisotopic (exact) mass is 388 g/mol. The van der Waals surface area contributed by atoms with Gasteiger partial charge in [-0.1, -0.05) is 42.5 Å². The zero-order chi connectivity index (χ0) is 19.7. The zero-order valence-corrected chi connectivity index (χ0v) is 16.9. The summed E-state index contributed by atoms with van der Waals surface area (Å²) in [6.07, 6.45) is 0.890. The summed E-state index contributed by atoms with van der Waals surface area (Å²) in [5.74, 6) is 0.650. The van der Waals surface area contributed by atoms with Crippen LogP contribution in [0.5, 0.6) is 0 Å². The second kappa shape index (κ2) is 10.1. The molecular formula is C20H28N4O2S. The van der Waals surface area contributed by atoms with Crippen LogP contribution >= 0.6 is 0 Å². The van der Waals surface area contributed by atoms with Crippen LogP contribution in [-0.2, 0) is 16.4 Å². The fourth-order valence-electron chi connectivity index (χ4n) is 2.63. The lowest BCUT2D eigenvalue weighted by Crippen LogP contribution is -2.42. The highest BCUT2D eigenvalue weighted by Gasteiger charge is 2.16. The van der Waals surface area contributed by atoms with Gasteiger partial charge in [-0.25, -0.2) is 13.1 Å². The maximum absolute atomic E-state index is 12.5. The number of aliphatic imine (C=N–C) groups is 1. The number of rotatable bonds is 8. The van der Waals surface area contributed by atoms with E-state index in [1.807, 2.05) is 37.3 Å². The van der Waals surface area contributed by atoms with Crippen LogP contribution in [0.1, 0.15) is 16.7 Å². The van der Waals surface area contributed by atoms with E-state index in [1.54, 1.807) is 20.0 Å². The number of guanidine groups is 1. The molecule has 0 aromatic heterocycles. The van der Waals surface area contributed by atoms with Crippen molar-refractivity contribution in [1.29, 1.82) is 0 Å². The molecule has 0 saturated carbocycles. The SMILES string of the molecule is CN=C(NCCNS(=O)(=O)c1cc(C)ccc1C)NCCc1ccccc1. The van der Waals surface area contributed by atoms with Crippen LogP contribution in [0, 0.1) is 13.8 Å². The van der Waals surface area contributed by atoms with Crippen molar-refractivity contribution in [3.63, 3.8) is 0 Å². The van der Waals surface area contributed by atoms with Crippen molar-refractivity contribution in [2.75, 3.05) is 26.7 Å². The molecule has 6 nitrogen and oxygen atoms in total. The van der Waals surface area contributed by atoms with Crippen LogP contribution in [0.25, 0.3) is 0 Å². The third-order valence-electron chi connectivity index (χ3n) is 4.12. The number of nitrogens with zero attached hydrogens (tertiary/aromatic N) is 1. The standard InChI is InChI=1S/C20H28N4O2S/c1-16-9-10-17(2)19(15-16)27(25,26)24-14-13-23-20(21-3)22-12-11-18-7-5-4-6-8-18/h4-10,15,24H,11-14H2,1-3H3,(H2,21,22,23). The first-order chi connectivity index (χ1) is 12.9. The third kappa shape index (κ3) is 6.69. The first-order valence-electron chi connectivity index (χ1n) is 8.98. The van der Waals surface area contributed by atoms with E-state index < -0.39 is 10.0 Å². The molecule has 0 atom stereocenters. The van der Waals surface area contributed by atoms with Crippen LogP contribution in [0.15, 0.2) is 58.4 Å². The molecule has 2 aromatic rings. The smallest absolute Gasteiger partial charge is 0.240 e. The largest absolute Gasteiger partial charge is 0.356 e. The molecule has 0 radical (unpaired) electrons. The lowest BCUT2D eigenvalue weighted by molar-refractivity contribution is 0.580. The molecule has 7 heteroatoms. The number of sulfonamides is 1. The van der Waals surface area contributed by atoms with E-state index >= 15 is 0 Å². The quantitative estimate of drug-likeness (QED) is 0.367. The van der Waals surface area contributed by atoms with Gasteiger partial charge >= 0.3 is 0 Å². The first-order valence-corrected chi connectivity index (χ1v) is 10.5. The zero-order valence-electron chi connectivity index (χ0n) is 16.1. The molecule has 0 amide bonds. The molecule has 0 saturated heterocycles. The Bertz CT molecular complexity index is 865. The summed E-state index contributed by atoms with van der Waals surface area (Å²) in [4.78, 5) is 4.48. The molecule has 0 unspecified atom stereocenters. The molecule has 146 valence electrons. The van der Waals surface area contributed by atoms with E-state index in [4.69, 9.17) is 0 Å². The first kappa shape index (κ1) is 20.9. The highest BCUT2D eigenvalue weighted by molar-refractivity contribution is 7.89. The average Bonchev–Trinajstić information content (AvgIpc) is 2.66. The van der Waals surface area contributed by atoms with E-state index in [2.05, 4.69) is 32.5 Å². The van der Waals surface area contributed by atoms with Gasteiger partial charge in [-0.3, -0.25) is 4.99 Å². The summed E-state index contributed by atoms with van der Waals surface area (Å²) in [5, 5.41) is 6.34. The summed E-state index contributed by atoms with van der Waals surface area (Å²) in [7, 11) is -1.83. The van der Waals surface area contributed by atoms with Crippen molar-refractivity contribution in [2.45, 2.75) is 25.2 Å². The third-order valence-corrected chi connectivity index (χ3v) is 5.72. The Morgan fingerprint density at radius 2 is 1.67 bits per heavy atom. The molecule has 2 aromatic carbocycles. The minimum atomic E-state index is -3.52. The Hall–Kier alpha value is -2.38. The minimum absolute atomic E-state index is 0.273. The summed E-state index contributed by atoms with van der Waals surface area (Å²) in [6, 6.07) is 15.6. The van der Waals surface area contributed by atoms with Gasteiger partial charge in [0.25, 0.3) is 0 Å². The topological polar surface area (TPSA) is 82.6 Å². The fraction of sp³-hybridized carbons (Fsp3) is 0.350. The van der Waals surface area contributed by atoms with Crippen LogP contribution < -0.4 is 15.4 Å². The molecule has 3 N–H and O–H groups in total. The van der Waals surface area contributed by atoms with Gasteiger partial charge in [0.15, 0.2) is 5.96 Å². The van der Waals surface area contributed by atoms with Gasteiger partial charge in [-0.05, 0) is 43.0 Å². The van der Waals surface area contributed by atoms with Gasteiger partial charge in [0.2, 0.25) is 10.0 Å². The second-order valence-corrected chi connectivity index (χ2v) is 8.06. The van der Waals surface area contributed by atoms with Crippen molar-refractivity contribution < 1.29 is 8.42 Å². The van der Waals surface area contributed by atoms with Gasteiger partial charge < -0.3 is 10.6 Å². The highest BCUT2D eigenvalue weighted by Crippen LogP contribution is 2.16. The van der Waals surface area contributed by atoms with E-state index in [0.717, 1.165) is 24.1 Å². The van der Waals surface area contributed by atoms with Crippen LogP contribution in [-0.4, -0.2) is 41.1 Å². The predicted molar refractivity (Wildman–Crippen MR) is 111 cm³/mol. The maximum atomic E-state index is 12.5. The number of hydrogen-bond donors (Lipinski definition) is 3. The maximum Gasteiger partial charge on any atom is 0.240 e. The molecule has 0 fully saturated rings. The van der Waals surface area contributed by atoms with Gasteiger partial charge in [-0.2, -0.15) is 0 Å². The Labute approximate surface area is 162 Å². The predicted octanol–water partition coefficient (Wildman–Crippen LogP) is 1.99. The van der Waals surface area contributed by atoms with Crippen molar-refractivity contribution in [3.8, 4) is 0 Å². The Kier molecular flexibility index (Phi) is 7.82. The van der Waals surface area contributed by atoms with Crippen molar-refractivity contribution in [2.24, 2.45) is 4.99 Å². The van der Waals surface area contributed by atoms with Crippen molar-refractivity contribution in [3.05, 3.63) is 65.2 Å². The Balaban J connectivity index is 1.76. The van der Waals surface area contributed by atoms with Gasteiger partial charge in [-0.15, -0.1) is 0 Å². The lowest BCUT2D eigenvalue weighted by atomic mass is 10.1. The van der Waals surface area contributed by atoms with Gasteiger partial charge in [0.05, 0.1) is 4.90 Å². The lowest BCUT2D eigenvalue weighted by Gasteiger charge is -2.13. The fourth-order valence-corrected chi connectivity index (χ4v) is 3.99. The highest BCUT2D eigenvalue weighted by atomic mass is 32.2. The molecule has 0 aliphatic heterocycles. The molecule has 0 bridgehead atoms. The van der Waals surface area contributed by atoms with Crippen molar-refractivity contribution >= 4 is 16.0 Å². The normalized spacial score (nSPS) is 12.0. The summed E-state index contributed by atoms with van der Waals surface area (Å²) in [6.45, 7) is 5.14. The van der Waals surface area contributed by atoms with Crippen molar-refractivity contribution in [1.82, 2.24) is 15.4 Å². The van der Waals surface area contributed by atoms with Crippen LogP contribution in [0.4, 0.5) is 0 Å². The van der Waals surface area contributed by atoms with E-state index in [0.29, 0.717) is 17.4 Å². The number of hydrogen-bond acceptors (Lipinski definition) is 3. The molecule has 0 heterocycles. The van der Waals surface area contributed by atoms with Crippen LogP contribution in [0.2, 0.25) is 0 Å². The molecule has 0 aliphatic carbocycles. The van der Waals surface area contributed by atoms with E-state index in [1.165, 1.54) is 5.56 Å². The van der Waals surface area contributed by atoms with Crippen LogP contribution in [0.3, 0.4) is 0 Å². The summed E-state index contributed by atoms with van der Waals surface area (Å²) < 4.78 is 27.6. The van der Waals surface area contributed by atoms with E-state index in [9.17, 15) is 8.42 Å². The second-order valence-electron chi connectivity index (χ2n) is 6.33. The number of nitrogens with one attached hydrogen (secondary N) is 3. The van der Waals surface area contributed by atoms with Gasteiger partial charge in [0, 0.05) is 26.7 Å². The summed E-state index contributed by atoms with van der Waals surface area (Å²) in [5.41, 5.74) is 2.91. The minimum Gasteiger partial charge on any atom is -0.356 e. The number of aryl methyl sites for hydroxylation is 2. The molecule has 0 aliphatic rings. The molecule has 2 rings (SSSR count). The Morgan fingerprint density at radius 1 is 0.963 bits per heavy atom. The van der Waals surface area contributed by atoms with E-state index in [-0.39, 0.29) is 6.54 Å². The summed E-state index contributed by atoms with van der Waals surface area (Å²) >= 11 is 0. The average molecular weight is 389 g/mol. The molecule has 27 heavy (non-hydrogen) atoms. The molecule has 0 spiro atoms. The number of benzene rings is 2. The Morgan fingerprint density at radius 3 is 2.37 bits per heavy atom. The molecular weight excluding hydrogens is 360 g/mol. The van der Waals surface area contributed by atoms with Gasteiger partial charge in [0.1, 0.15) is 0 Å².